The van der Waals surface area contributed by atoms with Gasteiger partial charge < -0.3 is 10.4 Å². The predicted octanol–water partition coefficient (Wildman–Crippen LogP) is 0.941. The van der Waals surface area contributed by atoms with Crippen LogP contribution in [0.25, 0.3) is 0 Å². The molecule has 118 valence electrons. The van der Waals surface area contributed by atoms with Crippen LogP contribution < -0.4 is 5.32 Å². The first kappa shape index (κ1) is 16.2. The highest BCUT2D eigenvalue weighted by Gasteiger charge is 2.33. The minimum Gasteiger partial charge on any atom is -0.391 e. The van der Waals surface area contributed by atoms with Gasteiger partial charge in [0, 0.05) is 7.05 Å². The number of piperidine rings is 1. The van der Waals surface area contributed by atoms with Crippen LogP contribution in [0, 0.1) is 5.92 Å². The summed E-state index contributed by atoms with van der Waals surface area (Å²) in [5, 5.41) is 13.3. The molecule has 0 amide bonds. The second-order valence-corrected chi connectivity index (χ2v) is 8.38. The molecular weight excluding hydrogens is 276 g/mol. The first-order valence-electron chi connectivity index (χ1n) is 7.85. The van der Waals surface area contributed by atoms with Crippen molar-refractivity contribution >= 4 is 10.0 Å². The molecule has 0 radical (unpaired) electrons. The fourth-order valence-electron chi connectivity index (χ4n) is 3.35. The molecule has 20 heavy (non-hydrogen) atoms. The Labute approximate surface area is 122 Å². The van der Waals surface area contributed by atoms with Gasteiger partial charge in [-0.25, -0.2) is 8.42 Å². The van der Waals surface area contributed by atoms with Crippen LogP contribution in [0.15, 0.2) is 0 Å². The summed E-state index contributed by atoms with van der Waals surface area (Å²) in [7, 11) is -1.60. The van der Waals surface area contributed by atoms with Gasteiger partial charge in [0.2, 0.25) is 10.0 Å². The number of rotatable bonds is 5. The highest BCUT2D eigenvalue weighted by atomic mass is 32.2. The summed E-state index contributed by atoms with van der Waals surface area (Å²) in [6, 6.07) is -0.221. The van der Waals surface area contributed by atoms with E-state index >= 15 is 0 Å². The number of nitrogens with zero attached hydrogens (tertiary/aromatic N) is 1. The van der Waals surface area contributed by atoms with E-state index in [1.807, 2.05) is 0 Å². The van der Waals surface area contributed by atoms with E-state index in [9.17, 15) is 13.5 Å². The molecule has 1 saturated carbocycles. The fourth-order valence-corrected chi connectivity index (χ4v) is 4.93. The number of aliphatic hydroxyl groups is 1. The van der Waals surface area contributed by atoms with E-state index in [1.165, 1.54) is 4.31 Å². The molecule has 2 unspecified atom stereocenters. The van der Waals surface area contributed by atoms with Gasteiger partial charge >= 0.3 is 0 Å². The average Bonchev–Trinajstić information content (AvgIpc) is 2.46. The molecule has 2 fully saturated rings. The van der Waals surface area contributed by atoms with Crippen LogP contribution >= 0.6 is 0 Å². The van der Waals surface area contributed by atoms with Crippen molar-refractivity contribution in [2.45, 2.75) is 57.1 Å². The number of nitrogens with one attached hydrogen (secondary N) is 1. The molecule has 0 spiro atoms. The van der Waals surface area contributed by atoms with Crippen LogP contribution in [-0.2, 0) is 10.0 Å². The third kappa shape index (κ3) is 4.16. The topological polar surface area (TPSA) is 69.6 Å². The summed E-state index contributed by atoms with van der Waals surface area (Å²) in [6.45, 7) is 2.00. The summed E-state index contributed by atoms with van der Waals surface area (Å²) >= 11 is 0. The molecule has 2 rings (SSSR count). The Morgan fingerprint density at radius 2 is 1.80 bits per heavy atom. The first-order chi connectivity index (χ1) is 9.50. The van der Waals surface area contributed by atoms with Crippen LogP contribution in [0.1, 0.15) is 44.9 Å². The van der Waals surface area contributed by atoms with Gasteiger partial charge in [0.05, 0.1) is 17.9 Å². The van der Waals surface area contributed by atoms with Crippen molar-refractivity contribution in [2.24, 2.45) is 5.92 Å². The van der Waals surface area contributed by atoms with Crippen LogP contribution in [0.3, 0.4) is 0 Å². The summed E-state index contributed by atoms with van der Waals surface area (Å²) in [5.41, 5.74) is 0. The van der Waals surface area contributed by atoms with Gasteiger partial charge in [0.1, 0.15) is 0 Å². The van der Waals surface area contributed by atoms with E-state index in [0.29, 0.717) is 5.92 Å². The first-order valence-corrected chi connectivity index (χ1v) is 9.46. The Morgan fingerprint density at radius 3 is 2.45 bits per heavy atom. The van der Waals surface area contributed by atoms with Crippen molar-refractivity contribution in [1.29, 1.82) is 0 Å². The third-order valence-electron chi connectivity index (χ3n) is 4.84. The molecule has 0 aromatic carbocycles. The molecule has 2 N–H and O–H groups in total. The lowest BCUT2D eigenvalue weighted by Crippen LogP contribution is -2.47. The van der Waals surface area contributed by atoms with Gasteiger partial charge in [-0.05, 0) is 51.1 Å². The Bertz CT molecular complexity index is 393. The van der Waals surface area contributed by atoms with Crippen molar-refractivity contribution in [1.82, 2.24) is 9.62 Å². The van der Waals surface area contributed by atoms with Gasteiger partial charge in [-0.1, -0.05) is 12.8 Å². The molecular formula is C14H28N2O3S. The maximum Gasteiger partial charge on any atom is 0.214 e. The minimum atomic E-state index is -3.24. The maximum atomic E-state index is 12.4. The summed E-state index contributed by atoms with van der Waals surface area (Å²) < 4.78 is 26.3. The van der Waals surface area contributed by atoms with Gasteiger partial charge in [-0.3, -0.25) is 0 Å². The normalized spacial score (nSPS) is 29.8. The van der Waals surface area contributed by atoms with Crippen molar-refractivity contribution in [3.63, 3.8) is 0 Å². The SMILES string of the molecule is CN(C1CCCCC1O)S(=O)(=O)CCC1CCNCC1. The van der Waals surface area contributed by atoms with Crippen molar-refractivity contribution in [3.05, 3.63) is 0 Å². The molecule has 2 aliphatic rings. The Hall–Kier alpha value is -0.170. The van der Waals surface area contributed by atoms with E-state index in [-0.39, 0.29) is 11.8 Å². The highest BCUT2D eigenvalue weighted by molar-refractivity contribution is 7.89. The molecule has 6 heteroatoms. The van der Waals surface area contributed by atoms with Crippen molar-refractivity contribution in [2.75, 3.05) is 25.9 Å². The van der Waals surface area contributed by atoms with E-state index in [2.05, 4.69) is 5.32 Å². The third-order valence-corrected chi connectivity index (χ3v) is 6.74. The maximum absolute atomic E-state index is 12.4. The average molecular weight is 304 g/mol. The van der Waals surface area contributed by atoms with Crippen LogP contribution in [0.5, 0.6) is 0 Å². The Morgan fingerprint density at radius 1 is 1.15 bits per heavy atom. The van der Waals surface area contributed by atoms with Gasteiger partial charge in [-0.15, -0.1) is 0 Å². The summed E-state index contributed by atoms with van der Waals surface area (Å²) in [5.74, 6) is 0.743. The fraction of sp³-hybridized carbons (Fsp3) is 1.00. The van der Waals surface area contributed by atoms with E-state index < -0.39 is 16.1 Å². The second-order valence-electron chi connectivity index (χ2n) is 6.23. The largest absolute Gasteiger partial charge is 0.391 e. The molecule has 1 aliphatic carbocycles. The van der Waals surface area contributed by atoms with Gasteiger partial charge in [-0.2, -0.15) is 4.31 Å². The zero-order valence-corrected chi connectivity index (χ0v) is 13.2. The lowest BCUT2D eigenvalue weighted by Gasteiger charge is -2.34. The smallest absolute Gasteiger partial charge is 0.214 e. The van der Waals surface area contributed by atoms with E-state index in [4.69, 9.17) is 0 Å². The van der Waals surface area contributed by atoms with Gasteiger partial charge in [0.15, 0.2) is 0 Å². The van der Waals surface area contributed by atoms with Crippen LogP contribution in [-0.4, -0.2) is 55.9 Å². The standard InChI is InChI=1S/C14H28N2O3S/c1-16(13-4-2-3-5-14(13)17)20(18,19)11-8-12-6-9-15-10-7-12/h12-15,17H,2-11H2,1H3. The zero-order valence-electron chi connectivity index (χ0n) is 12.4. The number of hydrogen-bond acceptors (Lipinski definition) is 4. The minimum absolute atomic E-state index is 0.220. The van der Waals surface area contributed by atoms with Gasteiger partial charge in [0.25, 0.3) is 0 Å². The number of aliphatic hydroxyl groups excluding tert-OH is 1. The summed E-state index contributed by atoms with van der Waals surface area (Å²) in [6.07, 6.45) is 5.91. The number of sulfonamides is 1. The molecule has 0 bridgehead atoms. The van der Waals surface area contributed by atoms with Crippen LogP contribution in [0.2, 0.25) is 0 Å². The molecule has 2 atom stereocenters. The predicted molar refractivity (Wildman–Crippen MR) is 80.0 cm³/mol. The molecule has 1 heterocycles. The highest BCUT2D eigenvalue weighted by Crippen LogP contribution is 2.25. The van der Waals surface area contributed by atoms with Crippen molar-refractivity contribution in [3.8, 4) is 0 Å². The Kier molecular flexibility index (Phi) is 5.84. The monoisotopic (exact) mass is 304 g/mol. The zero-order chi connectivity index (χ0) is 14.6. The van der Waals surface area contributed by atoms with E-state index in [0.717, 1.165) is 58.0 Å². The lowest BCUT2D eigenvalue weighted by atomic mass is 9.93. The second kappa shape index (κ2) is 7.20. The van der Waals surface area contributed by atoms with Crippen LogP contribution in [0.4, 0.5) is 0 Å². The molecule has 1 saturated heterocycles. The molecule has 1 aliphatic heterocycles. The Balaban J connectivity index is 1.87. The summed E-state index contributed by atoms with van der Waals surface area (Å²) in [4.78, 5) is 0. The van der Waals surface area contributed by atoms with Crippen molar-refractivity contribution < 1.29 is 13.5 Å². The van der Waals surface area contributed by atoms with E-state index in [1.54, 1.807) is 7.05 Å². The molecule has 0 aromatic heterocycles. The molecule has 5 nitrogen and oxygen atoms in total. The number of hydrogen-bond donors (Lipinski definition) is 2. The number of likely N-dealkylation sites (N-methyl/N-ethyl adjacent to an activating group) is 1. The lowest BCUT2D eigenvalue weighted by molar-refractivity contribution is 0.0637. The molecule has 0 aromatic rings. The quantitative estimate of drug-likeness (QED) is 0.793.